The molecule has 0 heterocycles. The van der Waals surface area contributed by atoms with Crippen LogP contribution in [0.4, 0.5) is 0 Å². The van der Waals surface area contributed by atoms with Gasteiger partial charge in [-0.1, -0.05) is 101 Å². The van der Waals surface area contributed by atoms with Crippen LogP contribution in [0.15, 0.2) is 28.5 Å². The van der Waals surface area contributed by atoms with Crippen LogP contribution in [-0.2, 0) is 0 Å². The summed E-state index contributed by atoms with van der Waals surface area (Å²) in [5.41, 5.74) is 4.89. The van der Waals surface area contributed by atoms with Crippen LogP contribution in [0.3, 0.4) is 0 Å². The predicted molar refractivity (Wildman–Crippen MR) is 125 cm³/mol. The van der Waals surface area contributed by atoms with E-state index in [1.807, 2.05) is 0 Å². The highest BCUT2D eigenvalue weighted by atomic mass is 28.3. The van der Waals surface area contributed by atoms with Crippen molar-refractivity contribution < 1.29 is 0 Å². The Morgan fingerprint density at radius 3 is 1.68 bits per heavy atom. The smallest absolute Gasteiger partial charge is 0.0765 e. The van der Waals surface area contributed by atoms with Crippen molar-refractivity contribution >= 4 is 22.4 Å². The fraction of sp³-hybridized carbons (Fsp3) is 0.773. The average Bonchev–Trinajstić information content (AvgIpc) is 2.51. The van der Waals surface area contributed by atoms with Gasteiger partial charge in [0.2, 0.25) is 0 Å². The van der Waals surface area contributed by atoms with E-state index in [1.54, 1.807) is 0 Å². The summed E-state index contributed by atoms with van der Waals surface area (Å²) in [6.07, 6.45) is 17.8. The third-order valence-corrected chi connectivity index (χ3v) is 10.2. The van der Waals surface area contributed by atoms with Gasteiger partial charge < -0.3 is 0 Å². The minimum atomic E-state index is -1.15. The molecule has 1 nitrogen and oxygen atoms in total. The van der Waals surface area contributed by atoms with Crippen molar-refractivity contribution in [2.45, 2.75) is 103 Å². The van der Waals surface area contributed by atoms with Gasteiger partial charge in [-0.15, -0.1) is 0 Å². The van der Waals surface area contributed by atoms with Gasteiger partial charge in [-0.3, -0.25) is 4.99 Å². The number of allylic oxidation sites excluding steroid dienone is 2. The van der Waals surface area contributed by atoms with Crippen molar-refractivity contribution in [1.29, 1.82) is 0 Å². The predicted octanol–water partition coefficient (Wildman–Crippen LogP) is 7.83. The number of unbranched alkanes of at least 4 members (excludes halogenated alkanes) is 7. The van der Waals surface area contributed by atoms with Crippen LogP contribution in [0.1, 0.15) is 65.2 Å². The van der Waals surface area contributed by atoms with Crippen molar-refractivity contribution in [2.75, 3.05) is 6.54 Å². The summed E-state index contributed by atoms with van der Waals surface area (Å²) in [5, 5.41) is 0. The highest BCUT2D eigenvalue weighted by molar-refractivity contribution is 6.84. The molecule has 0 bridgehead atoms. The highest BCUT2D eigenvalue weighted by Gasteiger charge is 2.15. The molecule has 0 atom stereocenters. The van der Waals surface area contributed by atoms with Gasteiger partial charge in [-0.2, -0.15) is 0 Å². The van der Waals surface area contributed by atoms with Crippen LogP contribution in [0.2, 0.25) is 38.3 Å². The second-order valence-corrected chi connectivity index (χ2v) is 18.4. The Morgan fingerprint density at radius 2 is 1.12 bits per heavy atom. The molecule has 0 amide bonds. The lowest BCUT2D eigenvalue weighted by Crippen LogP contribution is -2.22. The minimum Gasteiger partial charge on any atom is -0.298 e. The first-order valence-electron chi connectivity index (χ1n) is 10.6. The average molecular weight is 380 g/mol. The summed E-state index contributed by atoms with van der Waals surface area (Å²) in [5.74, 6) is 0. The summed E-state index contributed by atoms with van der Waals surface area (Å²) in [6, 6.07) is 2.65. The second-order valence-electron chi connectivity index (χ2n) is 8.85. The Hall–Kier alpha value is -0.416. The van der Waals surface area contributed by atoms with E-state index in [-0.39, 0.29) is 0 Å². The van der Waals surface area contributed by atoms with E-state index >= 15 is 0 Å². The van der Waals surface area contributed by atoms with E-state index in [0.29, 0.717) is 0 Å². The number of rotatable bonds is 15. The maximum Gasteiger partial charge on any atom is 0.0765 e. The lowest BCUT2D eigenvalue weighted by Gasteiger charge is -2.17. The lowest BCUT2D eigenvalue weighted by atomic mass is 10.1. The van der Waals surface area contributed by atoms with E-state index < -0.39 is 16.1 Å². The largest absolute Gasteiger partial charge is 0.298 e. The molecule has 3 heteroatoms. The maximum atomic E-state index is 4.61. The molecule has 0 saturated carbocycles. The third kappa shape index (κ3) is 16.8. The molecule has 0 spiro atoms. The zero-order chi connectivity index (χ0) is 19.0. The van der Waals surface area contributed by atoms with Crippen LogP contribution in [-0.4, -0.2) is 28.9 Å². The molecule has 0 aliphatic rings. The third-order valence-electron chi connectivity index (χ3n) is 4.84. The lowest BCUT2D eigenvalue weighted by molar-refractivity contribution is 0.577. The van der Waals surface area contributed by atoms with Gasteiger partial charge in [0.1, 0.15) is 0 Å². The normalized spacial score (nSPS) is 13.7. The molecule has 0 unspecified atom stereocenters. The summed E-state index contributed by atoms with van der Waals surface area (Å²) in [4.78, 5) is 4.61. The molecule has 0 radical (unpaired) electrons. The molecule has 0 aromatic heterocycles. The first-order chi connectivity index (χ1) is 11.8. The number of aliphatic imine (C=N–C) groups is 1. The molecule has 0 saturated heterocycles. The standard InChI is InChI=1S/C22H45NSi2/c1-7-19-24(3,4)21-16-14-12-10-9-11-13-15-17-23-18-22-25(5,6)20-8-2/h7-8,18-20H,9-17,21-22H2,1-6H3/b19-7+,20-8+,23-18?. The quantitative estimate of drug-likeness (QED) is 0.156. The Labute approximate surface area is 161 Å². The Balaban J connectivity index is 3.42. The van der Waals surface area contributed by atoms with E-state index in [0.717, 1.165) is 6.54 Å². The van der Waals surface area contributed by atoms with Gasteiger partial charge in [-0.25, -0.2) is 0 Å². The molecule has 0 aromatic carbocycles. The first-order valence-corrected chi connectivity index (χ1v) is 17.2. The zero-order valence-electron chi connectivity index (χ0n) is 18.1. The second kappa shape index (κ2) is 14.7. The van der Waals surface area contributed by atoms with Crippen molar-refractivity contribution in [2.24, 2.45) is 4.99 Å². The van der Waals surface area contributed by atoms with E-state index in [1.165, 1.54) is 63.5 Å². The van der Waals surface area contributed by atoms with Crippen molar-refractivity contribution in [3.63, 3.8) is 0 Å². The fourth-order valence-electron chi connectivity index (χ4n) is 3.29. The SMILES string of the molecule is C/C=C/[Si](C)(C)CC=NCCCCCCCCCC[Si](C)(C)/C=C/C. The number of hydrogen-bond donors (Lipinski definition) is 0. The fourth-order valence-corrected chi connectivity index (χ4v) is 7.16. The first kappa shape index (κ1) is 24.6. The molecule has 0 aliphatic carbocycles. The number of hydrogen-bond acceptors (Lipinski definition) is 1. The van der Waals surface area contributed by atoms with Crippen molar-refractivity contribution in [3.8, 4) is 0 Å². The van der Waals surface area contributed by atoms with E-state index in [4.69, 9.17) is 0 Å². The van der Waals surface area contributed by atoms with Crippen molar-refractivity contribution in [3.05, 3.63) is 23.6 Å². The Kier molecular flexibility index (Phi) is 14.5. The monoisotopic (exact) mass is 379 g/mol. The van der Waals surface area contributed by atoms with Gasteiger partial charge in [0.15, 0.2) is 0 Å². The van der Waals surface area contributed by atoms with Gasteiger partial charge in [0.25, 0.3) is 0 Å². The Bertz CT molecular complexity index is 395. The van der Waals surface area contributed by atoms with Crippen LogP contribution < -0.4 is 0 Å². The summed E-state index contributed by atoms with van der Waals surface area (Å²) in [6.45, 7) is 15.1. The van der Waals surface area contributed by atoms with Crippen LogP contribution in [0, 0.1) is 0 Å². The van der Waals surface area contributed by atoms with Crippen LogP contribution in [0.25, 0.3) is 0 Å². The molecule has 0 aliphatic heterocycles. The van der Waals surface area contributed by atoms with Gasteiger partial charge >= 0.3 is 0 Å². The summed E-state index contributed by atoms with van der Waals surface area (Å²) in [7, 11) is -2.16. The van der Waals surface area contributed by atoms with Crippen LogP contribution in [0.5, 0.6) is 0 Å². The molecule has 25 heavy (non-hydrogen) atoms. The topological polar surface area (TPSA) is 12.4 Å². The molecule has 0 rings (SSSR count). The van der Waals surface area contributed by atoms with E-state index in [9.17, 15) is 0 Å². The zero-order valence-corrected chi connectivity index (χ0v) is 20.1. The van der Waals surface area contributed by atoms with Gasteiger partial charge in [0, 0.05) is 6.54 Å². The number of nitrogens with zero attached hydrogens (tertiary/aromatic N) is 1. The molecular weight excluding hydrogens is 334 g/mol. The minimum absolute atomic E-state index is 1.01. The van der Waals surface area contributed by atoms with Crippen molar-refractivity contribution in [1.82, 2.24) is 0 Å². The van der Waals surface area contributed by atoms with Gasteiger partial charge in [-0.05, 0) is 32.5 Å². The summed E-state index contributed by atoms with van der Waals surface area (Å²) < 4.78 is 0. The summed E-state index contributed by atoms with van der Waals surface area (Å²) >= 11 is 0. The van der Waals surface area contributed by atoms with E-state index in [2.05, 4.69) is 74.8 Å². The molecule has 0 N–H and O–H groups in total. The highest BCUT2D eigenvalue weighted by Crippen LogP contribution is 2.17. The Morgan fingerprint density at radius 1 is 0.640 bits per heavy atom. The molecule has 0 fully saturated rings. The molecule has 0 aromatic rings. The molecular formula is C22H45NSi2. The molecule has 146 valence electrons. The maximum absolute atomic E-state index is 4.61. The van der Waals surface area contributed by atoms with Crippen LogP contribution >= 0.6 is 0 Å². The van der Waals surface area contributed by atoms with Gasteiger partial charge in [0.05, 0.1) is 16.1 Å².